The van der Waals surface area contributed by atoms with Crippen LogP contribution in [0, 0.1) is 11.7 Å². The molecular formula is C18H23FN3O+. The Morgan fingerprint density at radius 2 is 1.83 bits per heavy atom. The number of Topliss-reactive ketones (excluding diaryl/α,β-unsaturated/α-hetero) is 1. The molecule has 2 rings (SSSR count). The van der Waals surface area contributed by atoms with Gasteiger partial charge in [0.2, 0.25) is 5.78 Å². The number of pyridine rings is 1. The standard InChI is InChI=1S/C18H22FN3O/c1-11(2)12(3)22-16-10-14(8-9-21-16)17(20)18(23)13-4-6-15(19)7-5-13/h4-12,17H,20H2,1-3H3,(H,21,22)/p+1. The number of ketones is 1. The van der Waals surface area contributed by atoms with Crippen molar-refractivity contribution in [1.82, 2.24) is 4.98 Å². The number of halogens is 1. The first-order valence-electron chi connectivity index (χ1n) is 7.74. The Balaban J connectivity index is 2.17. The van der Waals surface area contributed by atoms with Crippen LogP contribution in [0.5, 0.6) is 0 Å². The lowest BCUT2D eigenvalue weighted by Crippen LogP contribution is -2.57. The van der Waals surface area contributed by atoms with E-state index in [2.05, 4.69) is 36.8 Å². The second kappa shape index (κ2) is 7.33. The molecule has 0 saturated heterocycles. The zero-order valence-electron chi connectivity index (χ0n) is 13.7. The SMILES string of the molecule is CC(C)C(C)Nc1cc(C([NH3+])C(=O)c2ccc(F)cc2)ccn1. The summed E-state index contributed by atoms with van der Waals surface area (Å²) >= 11 is 0. The van der Waals surface area contributed by atoms with Crippen LogP contribution in [-0.4, -0.2) is 16.8 Å². The number of benzene rings is 1. The molecule has 0 fully saturated rings. The van der Waals surface area contributed by atoms with Gasteiger partial charge in [0, 0.05) is 23.4 Å². The predicted octanol–water partition coefficient (Wildman–Crippen LogP) is 2.84. The van der Waals surface area contributed by atoms with Gasteiger partial charge in [-0.1, -0.05) is 13.8 Å². The first-order chi connectivity index (χ1) is 10.9. The lowest BCUT2D eigenvalue weighted by Gasteiger charge is -2.18. The van der Waals surface area contributed by atoms with Gasteiger partial charge in [0.05, 0.1) is 0 Å². The number of nitrogens with zero attached hydrogens (tertiary/aromatic N) is 1. The molecule has 4 N–H and O–H groups in total. The van der Waals surface area contributed by atoms with Gasteiger partial charge in [-0.2, -0.15) is 0 Å². The molecule has 0 saturated carbocycles. The number of nitrogens with one attached hydrogen (secondary N) is 1. The van der Waals surface area contributed by atoms with Gasteiger partial charge in [0.25, 0.3) is 0 Å². The first-order valence-corrected chi connectivity index (χ1v) is 7.74. The largest absolute Gasteiger partial charge is 0.367 e. The molecule has 0 aliphatic rings. The van der Waals surface area contributed by atoms with Gasteiger partial charge in [-0.25, -0.2) is 9.37 Å². The van der Waals surface area contributed by atoms with Crippen molar-refractivity contribution in [1.29, 1.82) is 0 Å². The Morgan fingerprint density at radius 3 is 2.43 bits per heavy atom. The monoisotopic (exact) mass is 316 g/mol. The van der Waals surface area contributed by atoms with Crippen LogP contribution in [0.25, 0.3) is 0 Å². The number of hydrogen-bond donors (Lipinski definition) is 2. The number of carbonyl (C=O) groups is 1. The summed E-state index contributed by atoms with van der Waals surface area (Å²) < 4.78 is 13.0. The minimum Gasteiger partial charge on any atom is -0.367 e. The molecule has 5 heteroatoms. The normalized spacial score (nSPS) is 13.7. The van der Waals surface area contributed by atoms with Gasteiger partial charge < -0.3 is 11.1 Å². The van der Waals surface area contributed by atoms with Gasteiger partial charge in [0.1, 0.15) is 11.6 Å². The summed E-state index contributed by atoms with van der Waals surface area (Å²) in [5, 5.41) is 3.32. The fourth-order valence-corrected chi connectivity index (χ4v) is 2.11. The highest BCUT2D eigenvalue weighted by molar-refractivity contribution is 5.99. The molecule has 0 amide bonds. The number of hydrogen-bond acceptors (Lipinski definition) is 3. The third kappa shape index (κ3) is 4.36. The lowest BCUT2D eigenvalue weighted by atomic mass is 9.98. The summed E-state index contributed by atoms with van der Waals surface area (Å²) in [6.07, 6.45) is 1.67. The van der Waals surface area contributed by atoms with E-state index in [-0.39, 0.29) is 17.6 Å². The molecule has 0 radical (unpaired) electrons. The maximum atomic E-state index is 13.0. The number of aromatic nitrogens is 1. The summed E-state index contributed by atoms with van der Waals surface area (Å²) in [4.78, 5) is 16.8. The molecule has 0 aliphatic carbocycles. The fraction of sp³-hybridized carbons (Fsp3) is 0.333. The Kier molecular flexibility index (Phi) is 5.45. The highest BCUT2D eigenvalue weighted by Gasteiger charge is 2.22. The molecule has 0 aliphatic heterocycles. The van der Waals surface area contributed by atoms with E-state index >= 15 is 0 Å². The number of anilines is 1. The molecule has 2 aromatic rings. The Hall–Kier alpha value is -2.27. The predicted molar refractivity (Wildman–Crippen MR) is 88.5 cm³/mol. The van der Waals surface area contributed by atoms with Crippen molar-refractivity contribution in [2.24, 2.45) is 5.92 Å². The Labute approximate surface area is 135 Å². The maximum Gasteiger partial charge on any atom is 0.224 e. The molecule has 2 atom stereocenters. The van der Waals surface area contributed by atoms with Crippen LogP contribution in [0.2, 0.25) is 0 Å². The van der Waals surface area contributed by atoms with E-state index in [4.69, 9.17) is 0 Å². The zero-order chi connectivity index (χ0) is 17.0. The van der Waals surface area contributed by atoms with Crippen molar-refractivity contribution >= 4 is 11.6 Å². The second-order valence-corrected chi connectivity index (χ2v) is 6.08. The molecule has 0 spiro atoms. The summed E-state index contributed by atoms with van der Waals surface area (Å²) in [7, 11) is 0. The van der Waals surface area contributed by atoms with E-state index in [0.717, 1.165) is 11.4 Å². The van der Waals surface area contributed by atoms with Gasteiger partial charge in [0.15, 0.2) is 6.04 Å². The zero-order valence-corrected chi connectivity index (χ0v) is 13.7. The quantitative estimate of drug-likeness (QED) is 0.805. The molecule has 1 aromatic heterocycles. The van der Waals surface area contributed by atoms with Crippen molar-refractivity contribution in [2.45, 2.75) is 32.9 Å². The minimum atomic E-state index is -0.557. The van der Waals surface area contributed by atoms with E-state index in [0.29, 0.717) is 11.5 Å². The highest BCUT2D eigenvalue weighted by atomic mass is 19.1. The molecule has 1 heterocycles. The van der Waals surface area contributed by atoms with E-state index in [1.807, 2.05) is 6.07 Å². The smallest absolute Gasteiger partial charge is 0.224 e. The van der Waals surface area contributed by atoms with Gasteiger partial charge >= 0.3 is 0 Å². The molecule has 2 unspecified atom stereocenters. The van der Waals surface area contributed by atoms with Crippen LogP contribution in [-0.2, 0) is 0 Å². The lowest BCUT2D eigenvalue weighted by molar-refractivity contribution is -0.404. The maximum absolute atomic E-state index is 13.0. The summed E-state index contributed by atoms with van der Waals surface area (Å²) in [6.45, 7) is 6.35. The van der Waals surface area contributed by atoms with Gasteiger partial charge in [-0.15, -0.1) is 0 Å². The second-order valence-electron chi connectivity index (χ2n) is 6.08. The van der Waals surface area contributed by atoms with Crippen molar-refractivity contribution in [3.05, 3.63) is 59.5 Å². The highest BCUT2D eigenvalue weighted by Crippen LogP contribution is 2.18. The molecule has 23 heavy (non-hydrogen) atoms. The average molecular weight is 316 g/mol. The summed E-state index contributed by atoms with van der Waals surface area (Å²) in [5.74, 6) is 0.695. The molecular weight excluding hydrogens is 293 g/mol. The summed E-state index contributed by atoms with van der Waals surface area (Å²) in [6, 6.07) is 8.87. The van der Waals surface area contributed by atoms with Gasteiger partial charge in [-0.3, -0.25) is 4.79 Å². The Bertz CT molecular complexity index is 670. The van der Waals surface area contributed by atoms with Crippen molar-refractivity contribution in [2.75, 3.05) is 5.32 Å². The van der Waals surface area contributed by atoms with Crippen LogP contribution in [0.1, 0.15) is 42.7 Å². The van der Waals surface area contributed by atoms with Crippen LogP contribution in [0.15, 0.2) is 42.6 Å². The van der Waals surface area contributed by atoms with E-state index in [1.54, 1.807) is 12.3 Å². The third-order valence-electron chi connectivity index (χ3n) is 4.01. The minimum absolute atomic E-state index is 0.140. The topological polar surface area (TPSA) is 69.6 Å². The van der Waals surface area contributed by atoms with Crippen LogP contribution in [0.4, 0.5) is 10.2 Å². The van der Waals surface area contributed by atoms with E-state index < -0.39 is 6.04 Å². The molecule has 0 bridgehead atoms. The van der Waals surface area contributed by atoms with Crippen LogP contribution < -0.4 is 11.1 Å². The number of carbonyl (C=O) groups excluding carboxylic acids is 1. The number of rotatable bonds is 6. The van der Waals surface area contributed by atoms with Crippen LogP contribution in [0.3, 0.4) is 0 Å². The van der Waals surface area contributed by atoms with Crippen molar-refractivity contribution in [3.8, 4) is 0 Å². The molecule has 122 valence electrons. The Morgan fingerprint density at radius 1 is 1.17 bits per heavy atom. The van der Waals surface area contributed by atoms with E-state index in [1.165, 1.54) is 24.3 Å². The summed E-state index contributed by atoms with van der Waals surface area (Å²) in [5.41, 5.74) is 5.20. The molecule has 4 nitrogen and oxygen atoms in total. The molecule has 1 aromatic carbocycles. The average Bonchev–Trinajstić information content (AvgIpc) is 2.54. The first kappa shape index (κ1) is 17.1. The fourth-order valence-electron chi connectivity index (χ4n) is 2.11. The van der Waals surface area contributed by atoms with E-state index in [9.17, 15) is 9.18 Å². The van der Waals surface area contributed by atoms with Crippen molar-refractivity contribution < 1.29 is 14.9 Å². The number of quaternary nitrogens is 1. The van der Waals surface area contributed by atoms with Crippen LogP contribution >= 0.6 is 0 Å². The third-order valence-corrected chi connectivity index (χ3v) is 4.01. The van der Waals surface area contributed by atoms with Crippen molar-refractivity contribution in [3.63, 3.8) is 0 Å². The van der Waals surface area contributed by atoms with Gasteiger partial charge in [-0.05, 0) is 49.2 Å².